The zero-order valence-corrected chi connectivity index (χ0v) is 11.0. The molecule has 5 heteroatoms. The highest BCUT2D eigenvalue weighted by atomic mass is 32.1. The summed E-state index contributed by atoms with van der Waals surface area (Å²) in [6, 6.07) is 3.49. The molecule has 2 rings (SSSR count). The summed E-state index contributed by atoms with van der Waals surface area (Å²) in [6.45, 7) is 3.82. The molecule has 1 aromatic carbocycles. The molecule has 0 spiro atoms. The molecule has 0 radical (unpaired) electrons. The molecule has 1 heterocycles. The smallest absolute Gasteiger partial charge is 0.135 e. The van der Waals surface area contributed by atoms with E-state index in [9.17, 15) is 8.78 Å². The van der Waals surface area contributed by atoms with Crippen molar-refractivity contribution in [1.82, 2.24) is 4.98 Å². The number of aromatic nitrogens is 1. The second-order valence-corrected chi connectivity index (χ2v) is 5.86. The molecule has 2 aromatic rings. The summed E-state index contributed by atoms with van der Waals surface area (Å²) >= 11 is 1.43. The van der Waals surface area contributed by atoms with Crippen molar-refractivity contribution < 1.29 is 8.78 Å². The van der Waals surface area contributed by atoms with E-state index in [0.29, 0.717) is 17.7 Å². The van der Waals surface area contributed by atoms with Crippen molar-refractivity contribution in [1.29, 1.82) is 0 Å². The molecule has 2 nitrogen and oxygen atoms in total. The molecule has 2 N–H and O–H groups in total. The second kappa shape index (κ2) is 4.74. The van der Waals surface area contributed by atoms with E-state index < -0.39 is 11.6 Å². The number of benzene rings is 1. The average molecular weight is 268 g/mol. The Morgan fingerprint density at radius 1 is 1.33 bits per heavy atom. The molecule has 0 aliphatic rings. The summed E-state index contributed by atoms with van der Waals surface area (Å²) < 4.78 is 26.4. The highest BCUT2D eigenvalue weighted by molar-refractivity contribution is 7.09. The van der Waals surface area contributed by atoms with Crippen molar-refractivity contribution in [3.8, 4) is 11.3 Å². The number of nitrogens with zero attached hydrogens (tertiary/aromatic N) is 1. The molecule has 0 saturated heterocycles. The lowest BCUT2D eigenvalue weighted by molar-refractivity contribution is 0.515. The van der Waals surface area contributed by atoms with Crippen molar-refractivity contribution in [3.05, 3.63) is 40.2 Å². The Hall–Kier alpha value is -1.33. The number of nitrogens with two attached hydrogens (primary N) is 1. The minimum absolute atomic E-state index is 0.314. The first-order chi connectivity index (χ1) is 8.35. The molecule has 0 saturated carbocycles. The largest absolute Gasteiger partial charge is 0.325 e. The van der Waals surface area contributed by atoms with Gasteiger partial charge in [0.05, 0.1) is 10.7 Å². The zero-order chi connectivity index (χ0) is 13.3. The highest BCUT2D eigenvalue weighted by Gasteiger charge is 2.16. The molecule has 1 aromatic heterocycles. The van der Waals surface area contributed by atoms with Crippen LogP contribution in [0, 0.1) is 11.6 Å². The van der Waals surface area contributed by atoms with E-state index in [4.69, 9.17) is 5.73 Å². The Labute approximate surface area is 108 Å². The fourth-order valence-electron chi connectivity index (χ4n) is 1.60. The number of thiazole rings is 1. The van der Waals surface area contributed by atoms with Crippen LogP contribution in [0.5, 0.6) is 0 Å². The Morgan fingerprint density at radius 3 is 2.67 bits per heavy atom. The normalized spacial score (nSPS) is 11.8. The molecule has 0 atom stereocenters. The summed E-state index contributed by atoms with van der Waals surface area (Å²) in [4.78, 5) is 4.33. The van der Waals surface area contributed by atoms with Gasteiger partial charge in [-0.2, -0.15) is 0 Å². The molecule has 0 bridgehead atoms. The first kappa shape index (κ1) is 13.1. The molecule has 0 unspecified atom stereocenters. The van der Waals surface area contributed by atoms with Crippen molar-refractivity contribution in [2.24, 2.45) is 5.73 Å². The quantitative estimate of drug-likeness (QED) is 0.927. The maximum atomic E-state index is 13.6. The van der Waals surface area contributed by atoms with Gasteiger partial charge < -0.3 is 5.73 Å². The molecule has 0 aliphatic heterocycles. The van der Waals surface area contributed by atoms with Crippen LogP contribution < -0.4 is 5.73 Å². The molecule has 96 valence electrons. The van der Waals surface area contributed by atoms with Crippen LogP contribution in [0.25, 0.3) is 11.3 Å². The zero-order valence-electron chi connectivity index (χ0n) is 10.2. The number of hydrogen-bond donors (Lipinski definition) is 1. The molecular weight excluding hydrogens is 254 g/mol. The summed E-state index contributed by atoms with van der Waals surface area (Å²) in [5, 5.41) is 2.61. The van der Waals surface area contributed by atoms with E-state index in [0.717, 1.165) is 11.1 Å². The predicted octanol–water partition coefficient (Wildman–Crippen LogP) is 3.37. The first-order valence-corrected chi connectivity index (χ1v) is 6.42. The summed E-state index contributed by atoms with van der Waals surface area (Å²) in [6.07, 6.45) is 0.625. The second-order valence-electron chi connectivity index (χ2n) is 4.92. The van der Waals surface area contributed by atoms with E-state index in [1.54, 1.807) is 5.38 Å². The topological polar surface area (TPSA) is 38.9 Å². The van der Waals surface area contributed by atoms with Crippen molar-refractivity contribution >= 4 is 11.3 Å². The number of rotatable bonds is 3. The van der Waals surface area contributed by atoms with Crippen LogP contribution >= 0.6 is 11.3 Å². The SMILES string of the molecule is CC(C)(N)Cc1nc(-c2ccc(F)cc2F)cs1. The lowest BCUT2D eigenvalue weighted by atomic mass is 10.0. The molecule has 0 fully saturated rings. The highest BCUT2D eigenvalue weighted by Crippen LogP contribution is 2.26. The van der Waals surface area contributed by atoms with Gasteiger partial charge in [-0.05, 0) is 26.0 Å². The maximum Gasteiger partial charge on any atom is 0.135 e. The average Bonchev–Trinajstić information content (AvgIpc) is 2.63. The van der Waals surface area contributed by atoms with Gasteiger partial charge in [0.2, 0.25) is 0 Å². The monoisotopic (exact) mass is 268 g/mol. The van der Waals surface area contributed by atoms with Gasteiger partial charge >= 0.3 is 0 Å². The standard InChI is InChI=1S/C13H14F2N2S/c1-13(2,16)6-12-17-11(7-18-12)9-4-3-8(14)5-10(9)15/h3-5,7H,6,16H2,1-2H3. The summed E-state index contributed by atoms with van der Waals surface area (Å²) in [7, 11) is 0. The molecule has 18 heavy (non-hydrogen) atoms. The third kappa shape index (κ3) is 3.11. The summed E-state index contributed by atoms with van der Waals surface area (Å²) in [5.41, 5.74) is 6.40. The van der Waals surface area contributed by atoms with E-state index in [-0.39, 0.29) is 5.54 Å². The van der Waals surface area contributed by atoms with E-state index in [1.807, 2.05) is 13.8 Å². The lowest BCUT2D eigenvalue weighted by Gasteiger charge is -2.15. The van der Waals surface area contributed by atoms with Crippen molar-refractivity contribution in [2.45, 2.75) is 25.8 Å². The fourth-order valence-corrected chi connectivity index (χ4v) is 2.64. The van der Waals surface area contributed by atoms with Gasteiger partial charge in [0.25, 0.3) is 0 Å². The van der Waals surface area contributed by atoms with Gasteiger partial charge in [-0.15, -0.1) is 11.3 Å². The third-order valence-corrected chi connectivity index (χ3v) is 3.21. The minimum atomic E-state index is -0.598. The van der Waals surface area contributed by atoms with E-state index in [1.165, 1.54) is 23.5 Å². The Morgan fingerprint density at radius 2 is 2.06 bits per heavy atom. The van der Waals surface area contributed by atoms with Crippen LogP contribution in [-0.4, -0.2) is 10.5 Å². The van der Waals surface area contributed by atoms with Crippen LogP contribution in [-0.2, 0) is 6.42 Å². The van der Waals surface area contributed by atoms with Crippen LogP contribution in [0.3, 0.4) is 0 Å². The van der Waals surface area contributed by atoms with Crippen molar-refractivity contribution in [2.75, 3.05) is 0 Å². The summed E-state index contributed by atoms with van der Waals surface area (Å²) in [5.74, 6) is -1.19. The van der Waals surface area contributed by atoms with Gasteiger partial charge in [-0.3, -0.25) is 0 Å². The first-order valence-electron chi connectivity index (χ1n) is 5.54. The minimum Gasteiger partial charge on any atom is -0.325 e. The van der Waals surface area contributed by atoms with Crippen LogP contribution in [0.15, 0.2) is 23.6 Å². The Balaban J connectivity index is 2.29. The van der Waals surface area contributed by atoms with Gasteiger partial charge in [0.1, 0.15) is 11.6 Å². The van der Waals surface area contributed by atoms with Gasteiger partial charge in [-0.25, -0.2) is 13.8 Å². The molecular formula is C13H14F2N2S. The van der Waals surface area contributed by atoms with Crippen LogP contribution in [0.4, 0.5) is 8.78 Å². The predicted molar refractivity (Wildman–Crippen MR) is 69.4 cm³/mol. The van der Waals surface area contributed by atoms with Gasteiger partial charge in [0, 0.05) is 29.0 Å². The maximum absolute atomic E-state index is 13.6. The molecule has 0 aliphatic carbocycles. The fraction of sp³-hybridized carbons (Fsp3) is 0.308. The van der Waals surface area contributed by atoms with E-state index >= 15 is 0 Å². The van der Waals surface area contributed by atoms with Gasteiger partial charge in [0.15, 0.2) is 0 Å². The third-order valence-electron chi connectivity index (χ3n) is 2.37. The van der Waals surface area contributed by atoms with E-state index in [2.05, 4.69) is 4.98 Å². The number of hydrogen-bond acceptors (Lipinski definition) is 3. The molecule has 0 amide bonds. The van der Waals surface area contributed by atoms with Crippen LogP contribution in [0.1, 0.15) is 18.9 Å². The van der Waals surface area contributed by atoms with Crippen LogP contribution in [0.2, 0.25) is 0 Å². The van der Waals surface area contributed by atoms with Gasteiger partial charge in [-0.1, -0.05) is 0 Å². The number of halogens is 2. The Bertz CT molecular complexity index is 558. The van der Waals surface area contributed by atoms with Crippen molar-refractivity contribution in [3.63, 3.8) is 0 Å². The lowest BCUT2D eigenvalue weighted by Crippen LogP contribution is -2.34. The Kier molecular flexibility index (Phi) is 3.45.